The summed E-state index contributed by atoms with van der Waals surface area (Å²) in [6.07, 6.45) is 8.48. The number of hydrogen-bond donors (Lipinski definition) is 1. The van der Waals surface area contributed by atoms with E-state index in [1.807, 2.05) is 11.8 Å². The number of anilines is 1. The summed E-state index contributed by atoms with van der Waals surface area (Å²) in [6.45, 7) is 4.13. The summed E-state index contributed by atoms with van der Waals surface area (Å²) in [4.78, 5) is 12.4. The Kier molecular flexibility index (Phi) is 3.95. The number of rotatable bonds is 4. The van der Waals surface area contributed by atoms with Gasteiger partial charge in [-0.2, -0.15) is 0 Å². The number of benzene rings is 1. The quantitative estimate of drug-likeness (QED) is 0.847. The van der Waals surface area contributed by atoms with Crippen LogP contribution < -0.4 is 5.32 Å². The van der Waals surface area contributed by atoms with Crippen molar-refractivity contribution in [3.05, 3.63) is 29.3 Å². The minimum Gasteiger partial charge on any atom is -0.325 e. The van der Waals surface area contributed by atoms with Crippen LogP contribution in [0.15, 0.2) is 18.2 Å². The Bertz CT molecular complexity index is 589. The van der Waals surface area contributed by atoms with Crippen molar-refractivity contribution >= 4 is 23.4 Å². The predicted molar refractivity (Wildman–Crippen MR) is 97.9 cm³/mol. The Morgan fingerprint density at radius 3 is 2.35 bits per heavy atom. The first-order chi connectivity index (χ1) is 11.0. The maximum atomic E-state index is 12.4. The maximum Gasteiger partial charge on any atom is 0.234 e. The summed E-state index contributed by atoms with van der Waals surface area (Å²) in [5.74, 6) is 3.64. The molecule has 0 heterocycles. The van der Waals surface area contributed by atoms with Gasteiger partial charge in [-0.1, -0.05) is 12.1 Å². The number of nitrogens with one attached hydrogen (secondary N) is 1. The van der Waals surface area contributed by atoms with E-state index in [4.69, 9.17) is 0 Å². The third-order valence-electron chi connectivity index (χ3n) is 6.16. The highest BCUT2D eigenvalue weighted by molar-refractivity contribution is 8.01. The highest BCUT2D eigenvalue weighted by Gasteiger charge is 2.51. The van der Waals surface area contributed by atoms with Gasteiger partial charge in [0, 0.05) is 10.4 Å². The summed E-state index contributed by atoms with van der Waals surface area (Å²) in [7, 11) is 0. The van der Waals surface area contributed by atoms with Crippen molar-refractivity contribution in [3.63, 3.8) is 0 Å². The van der Waals surface area contributed by atoms with Crippen LogP contribution in [0.2, 0.25) is 0 Å². The van der Waals surface area contributed by atoms with Crippen LogP contribution >= 0.6 is 11.8 Å². The smallest absolute Gasteiger partial charge is 0.234 e. The zero-order valence-electron chi connectivity index (χ0n) is 14.2. The van der Waals surface area contributed by atoms with Gasteiger partial charge in [0.1, 0.15) is 0 Å². The second-order valence-corrected chi connectivity index (χ2v) is 9.70. The van der Waals surface area contributed by atoms with Crippen LogP contribution in [0.4, 0.5) is 5.69 Å². The molecule has 0 saturated heterocycles. The Balaban J connectivity index is 1.37. The molecule has 3 heteroatoms. The number of carbonyl (C=O) groups is 1. The fourth-order valence-corrected chi connectivity index (χ4v) is 7.05. The third-order valence-corrected chi connectivity index (χ3v) is 7.68. The number of amides is 1. The first-order valence-electron chi connectivity index (χ1n) is 9.02. The summed E-state index contributed by atoms with van der Waals surface area (Å²) < 4.78 is 0.424. The van der Waals surface area contributed by atoms with Gasteiger partial charge in [0.05, 0.1) is 5.75 Å². The van der Waals surface area contributed by atoms with Crippen LogP contribution in [-0.4, -0.2) is 16.4 Å². The van der Waals surface area contributed by atoms with Crippen LogP contribution in [0.25, 0.3) is 0 Å². The molecular weight excluding hydrogens is 302 g/mol. The van der Waals surface area contributed by atoms with Crippen molar-refractivity contribution in [2.45, 2.75) is 57.1 Å². The van der Waals surface area contributed by atoms with Gasteiger partial charge < -0.3 is 5.32 Å². The fourth-order valence-electron chi connectivity index (χ4n) is 5.48. The Labute approximate surface area is 143 Å². The lowest BCUT2D eigenvalue weighted by Gasteiger charge is -2.56. The molecule has 0 aromatic heterocycles. The van der Waals surface area contributed by atoms with E-state index in [0.717, 1.165) is 29.0 Å². The standard InChI is InChI=1S/C20H27NOS/c1-13-3-4-14(2)18(5-13)21-19(22)12-23-20-9-15-6-16(10-20)8-17(7-15)11-20/h3-5,15-17H,6-12H2,1-2H3,(H,21,22). The Hall–Kier alpha value is -0.960. The van der Waals surface area contributed by atoms with Crippen molar-refractivity contribution in [2.24, 2.45) is 17.8 Å². The SMILES string of the molecule is Cc1ccc(C)c(NC(=O)CSC23CC4CC(CC(C4)C2)C3)c1. The lowest BCUT2D eigenvalue weighted by Crippen LogP contribution is -2.49. The zero-order valence-corrected chi connectivity index (χ0v) is 15.0. The summed E-state index contributed by atoms with van der Waals surface area (Å²) >= 11 is 1.96. The topological polar surface area (TPSA) is 29.1 Å². The van der Waals surface area contributed by atoms with Crippen LogP contribution in [0, 0.1) is 31.6 Å². The lowest BCUT2D eigenvalue weighted by molar-refractivity contribution is -0.113. The van der Waals surface area contributed by atoms with E-state index in [9.17, 15) is 4.79 Å². The average Bonchev–Trinajstić information content (AvgIpc) is 2.48. The molecule has 0 spiro atoms. The van der Waals surface area contributed by atoms with Gasteiger partial charge in [-0.15, -0.1) is 11.8 Å². The second kappa shape index (κ2) is 5.84. The molecule has 0 unspecified atom stereocenters. The molecule has 1 amide bonds. The van der Waals surface area contributed by atoms with E-state index in [1.54, 1.807) is 0 Å². The van der Waals surface area contributed by atoms with Crippen molar-refractivity contribution in [2.75, 3.05) is 11.1 Å². The van der Waals surface area contributed by atoms with Gasteiger partial charge in [0.2, 0.25) is 5.91 Å². The van der Waals surface area contributed by atoms with Crippen molar-refractivity contribution in [1.29, 1.82) is 0 Å². The molecule has 0 aliphatic heterocycles. The molecule has 4 saturated carbocycles. The van der Waals surface area contributed by atoms with Crippen molar-refractivity contribution < 1.29 is 4.79 Å². The Morgan fingerprint density at radius 2 is 1.74 bits per heavy atom. The van der Waals surface area contributed by atoms with E-state index in [1.165, 1.54) is 44.1 Å². The van der Waals surface area contributed by atoms with Crippen LogP contribution in [0.5, 0.6) is 0 Å². The van der Waals surface area contributed by atoms with Crippen LogP contribution in [0.1, 0.15) is 49.7 Å². The Morgan fingerprint density at radius 1 is 1.13 bits per heavy atom. The molecule has 0 radical (unpaired) electrons. The molecule has 124 valence electrons. The molecule has 4 aliphatic carbocycles. The third kappa shape index (κ3) is 3.17. The molecule has 23 heavy (non-hydrogen) atoms. The summed E-state index contributed by atoms with van der Waals surface area (Å²) in [5, 5.41) is 3.12. The number of hydrogen-bond acceptors (Lipinski definition) is 2. The summed E-state index contributed by atoms with van der Waals surface area (Å²) in [5.41, 5.74) is 3.31. The van der Waals surface area contributed by atoms with E-state index < -0.39 is 0 Å². The highest BCUT2D eigenvalue weighted by Crippen LogP contribution is 2.60. The number of carbonyl (C=O) groups excluding carboxylic acids is 1. The lowest BCUT2D eigenvalue weighted by atomic mass is 9.56. The van der Waals surface area contributed by atoms with E-state index in [0.29, 0.717) is 10.5 Å². The van der Waals surface area contributed by atoms with Gasteiger partial charge in [0.25, 0.3) is 0 Å². The first kappa shape index (κ1) is 15.6. The van der Waals surface area contributed by atoms with Crippen molar-refractivity contribution in [3.8, 4) is 0 Å². The van der Waals surface area contributed by atoms with Gasteiger partial charge in [0.15, 0.2) is 0 Å². The van der Waals surface area contributed by atoms with E-state index in [2.05, 4.69) is 37.4 Å². The molecular formula is C20H27NOS. The largest absolute Gasteiger partial charge is 0.325 e. The van der Waals surface area contributed by atoms with Gasteiger partial charge in [-0.05, 0) is 87.3 Å². The molecule has 1 aromatic rings. The molecule has 1 N–H and O–H groups in total. The fraction of sp³-hybridized carbons (Fsp3) is 0.650. The van der Waals surface area contributed by atoms with Crippen molar-refractivity contribution in [1.82, 2.24) is 0 Å². The van der Waals surface area contributed by atoms with Crippen LogP contribution in [-0.2, 0) is 4.79 Å². The molecule has 0 atom stereocenters. The number of thioether (sulfide) groups is 1. The molecule has 4 aliphatic rings. The van der Waals surface area contributed by atoms with E-state index >= 15 is 0 Å². The normalized spacial score (nSPS) is 34.6. The summed E-state index contributed by atoms with van der Waals surface area (Å²) in [6, 6.07) is 6.25. The van der Waals surface area contributed by atoms with Gasteiger partial charge in [-0.3, -0.25) is 4.79 Å². The minimum atomic E-state index is 0.166. The minimum absolute atomic E-state index is 0.166. The average molecular weight is 330 g/mol. The van der Waals surface area contributed by atoms with Crippen LogP contribution in [0.3, 0.4) is 0 Å². The first-order valence-corrected chi connectivity index (χ1v) is 10.0. The maximum absolute atomic E-state index is 12.4. The molecule has 4 fully saturated rings. The predicted octanol–water partition coefficient (Wildman–Crippen LogP) is 4.94. The van der Waals surface area contributed by atoms with Gasteiger partial charge >= 0.3 is 0 Å². The van der Waals surface area contributed by atoms with E-state index in [-0.39, 0.29) is 5.91 Å². The second-order valence-electron chi connectivity index (χ2n) is 8.26. The monoisotopic (exact) mass is 329 g/mol. The van der Waals surface area contributed by atoms with Gasteiger partial charge in [-0.25, -0.2) is 0 Å². The molecule has 4 bridgehead atoms. The highest BCUT2D eigenvalue weighted by atomic mass is 32.2. The number of aryl methyl sites for hydroxylation is 2. The molecule has 1 aromatic carbocycles. The molecule has 2 nitrogen and oxygen atoms in total. The molecule has 5 rings (SSSR count). The zero-order chi connectivity index (χ0) is 16.0.